The van der Waals surface area contributed by atoms with E-state index in [9.17, 15) is 4.21 Å². The average molecular weight is 147 g/mol. The molecule has 0 radical (unpaired) electrons. The molecule has 54 valence electrons. The van der Waals surface area contributed by atoms with E-state index in [0.717, 1.165) is 18.7 Å². The lowest BCUT2D eigenvalue weighted by molar-refractivity contribution is 0.618. The first-order chi connectivity index (χ1) is 4.39. The second-order valence-electron chi connectivity index (χ2n) is 2.36. The molecular formula is C6H13NOS. The van der Waals surface area contributed by atoms with E-state index in [1.165, 1.54) is 19.3 Å². The van der Waals surface area contributed by atoms with E-state index in [2.05, 4.69) is 4.72 Å². The van der Waals surface area contributed by atoms with Crippen molar-refractivity contribution in [2.45, 2.75) is 25.7 Å². The van der Waals surface area contributed by atoms with Gasteiger partial charge >= 0.3 is 0 Å². The van der Waals surface area contributed by atoms with Crippen LogP contribution in [-0.4, -0.2) is 16.5 Å². The summed E-state index contributed by atoms with van der Waals surface area (Å²) in [6, 6.07) is 0. The van der Waals surface area contributed by atoms with Gasteiger partial charge in [-0.25, -0.2) is 8.93 Å². The first kappa shape index (κ1) is 7.22. The molecule has 0 amide bonds. The predicted molar refractivity (Wildman–Crippen MR) is 39.5 cm³/mol. The highest BCUT2D eigenvalue weighted by atomic mass is 32.2. The van der Waals surface area contributed by atoms with Crippen molar-refractivity contribution in [3.05, 3.63) is 0 Å². The second kappa shape index (κ2) is 4.01. The Bertz CT molecular complexity index is 95.2. The summed E-state index contributed by atoms with van der Waals surface area (Å²) in [6.07, 6.45) is 4.86. The van der Waals surface area contributed by atoms with Crippen molar-refractivity contribution in [1.29, 1.82) is 0 Å². The van der Waals surface area contributed by atoms with Crippen LogP contribution in [0.1, 0.15) is 25.7 Å². The molecule has 1 heterocycles. The van der Waals surface area contributed by atoms with Crippen LogP contribution in [0.3, 0.4) is 0 Å². The van der Waals surface area contributed by atoms with Crippen molar-refractivity contribution < 1.29 is 4.21 Å². The van der Waals surface area contributed by atoms with Gasteiger partial charge in [0.05, 0.1) is 11.0 Å². The first-order valence-electron chi connectivity index (χ1n) is 3.51. The summed E-state index contributed by atoms with van der Waals surface area (Å²) in [5, 5.41) is 0. The van der Waals surface area contributed by atoms with Gasteiger partial charge in [0.2, 0.25) is 0 Å². The fourth-order valence-corrected chi connectivity index (χ4v) is 1.95. The Kier molecular flexibility index (Phi) is 3.22. The molecule has 9 heavy (non-hydrogen) atoms. The minimum Gasteiger partial charge on any atom is -0.243 e. The first-order valence-corrected chi connectivity index (χ1v) is 4.83. The van der Waals surface area contributed by atoms with Gasteiger partial charge in [-0.2, -0.15) is 0 Å². The summed E-state index contributed by atoms with van der Waals surface area (Å²) in [4.78, 5) is 0. The maximum absolute atomic E-state index is 10.8. The van der Waals surface area contributed by atoms with Crippen molar-refractivity contribution in [3.63, 3.8) is 0 Å². The van der Waals surface area contributed by atoms with Crippen LogP contribution >= 0.6 is 0 Å². The van der Waals surface area contributed by atoms with Crippen molar-refractivity contribution >= 4 is 11.0 Å². The standard InChI is InChI=1S/C6H13NOS/c8-9-6-4-2-1-3-5-7-9/h7H,1-6H2. The quantitative estimate of drug-likeness (QED) is 0.540. The van der Waals surface area contributed by atoms with Crippen LogP contribution in [0.4, 0.5) is 0 Å². The molecule has 0 spiro atoms. The van der Waals surface area contributed by atoms with Crippen LogP contribution < -0.4 is 4.72 Å². The smallest absolute Gasteiger partial charge is 0.0915 e. The summed E-state index contributed by atoms with van der Waals surface area (Å²) in [7, 11) is -0.719. The van der Waals surface area contributed by atoms with Crippen LogP contribution in [0.5, 0.6) is 0 Å². The van der Waals surface area contributed by atoms with Crippen molar-refractivity contribution in [2.24, 2.45) is 0 Å². The largest absolute Gasteiger partial charge is 0.243 e. The third-order valence-corrected chi connectivity index (χ3v) is 2.71. The van der Waals surface area contributed by atoms with Gasteiger partial charge < -0.3 is 0 Å². The van der Waals surface area contributed by atoms with Gasteiger partial charge in [0.1, 0.15) is 0 Å². The molecule has 1 rings (SSSR count). The molecule has 0 aromatic heterocycles. The molecule has 1 aliphatic heterocycles. The number of hydrogen-bond acceptors (Lipinski definition) is 1. The van der Waals surface area contributed by atoms with Crippen LogP contribution in [-0.2, 0) is 11.0 Å². The monoisotopic (exact) mass is 147 g/mol. The van der Waals surface area contributed by atoms with Gasteiger partial charge in [0, 0.05) is 12.3 Å². The van der Waals surface area contributed by atoms with E-state index in [0.29, 0.717) is 0 Å². The topological polar surface area (TPSA) is 29.1 Å². The third kappa shape index (κ3) is 2.96. The molecule has 0 aromatic rings. The highest BCUT2D eigenvalue weighted by molar-refractivity contribution is 7.83. The fraction of sp³-hybridized carbons (Fsp3) is 1.00. The van der Waals surface area contributed by atoms with Crippen LogP contribution in [0, 0.1) is 0 Å². The van der Waals surface area contributed by atoms with Gasteiger partial charge in [0.25, 0.3) is 0 Å². The molecule has 1 N–H and O–H groups in total. The van der Waals surface area contributed by atoms with Gasteiger partial charge in [0.15, 0.2) is 0 Å². The minimum absolute atomic E-state index is 0.719. The Morgan fingerprint density at radius 2 is 1.89 bits per heavy atom. The van der Waals surface area contributed by atoms with Gasteiger partial charge in [-0.1, -0.05) is 12.8 Å². The molecule has 0 saturated carbocycles. The molecule has 1 aliphatic rings. The van der Waals surface area contributed by atoms with E-state index < -0.39 is 11.0 Å². The second-order valence-corrected chi connectivity index (χ2v) is 3.75. The zero-order valence-corrected chi connectivity index (χ0v) is 6.38. The zero-order valence-electron chi connectivity index (χ0n) is 5.56. The Balaban J connectivity index is 2.20. The zero-order chi connectivity index (χ0) is 6.53. The van der Waals surface area contributed by atoms with Crippen molar-refractivity contribution in [2.75, 3.05) is 12.3 Å². The van der Waals surface area contributed by atoms with Gasteiger partial charge in [-0.05, 0) is 12.8 Å². The van der Waals surface area contributed by atoms with Gasteiger partial charge in [-0.15, -0.1) is 0 Å². The highest BCUT2D eigenvalue weighted by Crippen LogP contribution is 2.02. The maximum Gasteiger partial charge on any atom is 0.0915 e. The Hall–Kier alpha value is 0.110. The Morgan fingerprint density at radius 1 is 1.11 bits per heavy atom. The van der Waals surface area contributed by atoms with E-state index in [1.807, 2.05) is 0 Å². The van der Waals surface area contributed by atoms with Crippen LogP contribution in [0.2, 0.25) is 0 Å². The number of rotatable bonds is 0. The summed E-state index contributed by atoms with van der Waals surface area (Å²) in [6.45, 7) is 0.937. The Labute approximate surface area is 58.6 Å². The molecule has 3 heteroatoms. The molecule has 1 fully saturated rings. The van der Waals surface area contributed by atoms with E-state index in [4.69, 9.17) is 0 Å². The summed E-state index contributed by atoms with van der Waals surface area (Å²) in [5.74, 6) is 0.847. The van der Waals surface area contributed by atoms with Gasteiger partial charge in [-0.3, -0.25) is 0 Å². The molecular weight excluding hydrogens is 134 g/mol. The van der Waals surface area contributed by atoms with Crippen LogP contribution in [0.15, 0.2) is 0 Å². The summed E-state index contributed by atoms with van der Waals surface area (Å²) >= 11 is 0. The molecule has 1 saturated heterocycles. The normalized spacial score (nSPS) is 30.9. The molecule has 0 aromatic carbocycles. The van der Waals surface area contributed by atoms with E-state index >= 15 is 0 Å². The number of hydrogen-bond donors (Lipinski definition) is 1. The molecule has 1 unspecified atom stereocenters. The molecule has 0 aliphatic carbocycles. The lowest BCUT2D eigenvalue weighted by Gasteiger charge is -2.08. The lowest BCUT2D eigenvalue weighted by atomic mass is 10.2. The third-order valence-electron chi connectivity index (χ3n) is 1.52. The molecule has 0 bridgehead atoms. The summed E-state index contributed by atoms with van der Waals surface area (Å²) < 4.78 is 13.8. The average Bonchev–Trinajstić information content (AvgIpc) is 1.79. The fourth-order valence-electron chi connectivity index (χ4n) is 0.970. The lowest BCUT2D eigenvalue weighted by Crippen LogP contribution is -2.22. The maximum atomic E-state index is 10.8. The van der Waals surface area contributed by atoms with Crippen molar-refractivity contribution in [3.8, 4) is 0 Å². The minimum atomic E-state index is -0.719. The molecule has 1 atom stereocenters. The number of nitrogens with one attached hydrogen (secondary N) is 1. The van der Waals surface area contributed by atoms with E-state index in [1.54, 1.807) is 0 Å². The van der Waals surface area contributed by atoms with Crippen LogP contribution in [0.25, 0.3) is 0 Å². The van der Waals surface area contributed by atoms with E-state index in [-0.39, 0.29) is 0 Å². The highest BCUT2D eigenvalue weighted by Gasteiger charge is 2.01. The Morgan fingerprint density at radius 3 is 2.78 bits per heavy atom. The predicted octanol–water partition coefficient (Wildman–Crippen LogP) is 0.814. The van der Waals surface area contributed by atoms with Crippen molar-refractivity contribution in [1.82, 2.24) is 4.72 Å². The molecule has 2 nitrogen and oxygen atoms in total. The SMILES string of the molecule is O=S1CCCCCCN1. The summed E-state index contributed by atoms with van der Waals surface area (Å²) in [5.41, 5.74) is 0.